The van der Waals surface area contributed by atoms with Gasteiger partial charge in [-0.1, -0.05) is 6.92 Å². The van der Waals surface area contributed by atoms with Gasteiger partial charge in [-0.2, -0.15) is 0 Å². The first-order chi connectivity index (χ1) is 9.20. The lowest BCUT2D eigenvalue weighted by molar-refractivity contribution is -0.128. The molecule has 2 fully saturated rings. The number of imide groups is 1. The molecule has 2 aliphatic heterocycles. The van der Waals surface area contributed by atoms with Gasteiger partial charge in [0.05, 0.1) is 6.54 Å². The minimum absolute atomic E-state index is 0.0780. The van der Waals surface area contributed by atoms with Gasteiger partial charge in [-0.15, -0.1) is 0 Å². The number of hydrogen-bond acceptors (Lipinski definition) is 4. The normalized spacial score (nSPS) is 20.9. The Morgan fingerprint density at radius 3 is 2.68 bits per heavy atom. The van der Waals surface area contributed by atoms with Gasteiger partial charge in [-0.3, -0.25) is 14.6 Å². The predicted octanol–water partition coefficient (Wildman–Crippen LogP) is -0.140. The van der Waals surface area contributed by atoms with Crippen molar-refractivity contribution in [1.29, 1.82) is 0 Å². The van der Waals surface area contributed by atoms with Crippen molar-refractivity contribution in [1.82, 2.24) is 20.4 Å². The predicted molar refractivity (Wildman–Crippen MR) is 72.8 cm³/mol. The quantitative estimate of drug-likeness (QED) is 0.728. The molecule has 0 atom stereocenters. The summed E-state index contributed by atoms with van der Waals surface area (Å²) in [5.74, 6) is 0.590. The molecule has 0 aromatic carbocycles. The minimum atomic E-state index is -0.247. The van der Waals surface area contributed by atoms with E-state index < -0.39 is 0 Å². The molecule has 0 saturated carbocycles. The van der Waals surface area contributed by atoms with Gasteiger partial charge in [-0.25, -0.2) is 4.79 Å². The van der Waals surface area contributed by atoms with E-state index in [1.807, 2.05) is 0 Å². The number of amides is 3. The van der Waals surface area contributed by atoms with E-state index in [0.717, 1.165) is 26.2 Å². The molecule has 2 N–H and O–H groups in total. The fraction of sp³-hybridized carbons (Fsp3) is 0.846. The van der Waals surface area contributed by atoms with E-state index in [4.69, 9.17) is 0 Å². The molecule has 0 radical (unpaired) electrons. The van der Waals surface area contributed by atoms with Gasteiger partial charge in [0.2, 0.25) is 5.91 Å². The number of piperidine rings is 1. The highest BCUT2D eigenvalue weighted by Gasteiger charge is 2.27. The summed E-state index contributed by atoms with van der Waals surface area (Å²) >= 11 is 0. The van der Waals surface area contributed by atoms with Crippen LogP contribution in [0.3, 0.4) is 0 Å². The summed E-state index contributed by atoms with van der Waals surface area (Å²) < 4.78 is 0. The zero-order valence-electron chi connectivity index (χ0n) is 11.7. The zero-order chi connectivity index (χ0) is 13.7. The van der Waals surface area contributed by atoms with Crippen molar-refractivity contribution in [3.8, 4) is 0 Å². The molecule has 3 amide bonds. The van der Waals surface area contributed by atoms with E-state index in [2.05, 4.69) is 22.5 Å². The van der Waals surface area contributed by atoms with Gasteiger partial charge in [0.1, 0.15) is 0 Å². The molecule has 2 saturated heterocycles. The maximum atomic E-state index is 12.1. The molecule has 2 aliphatic rings. The molecule has 19 heavy (non-hydrogen) atoms. The average molecular weight is 268 g/mol. The molecule has 0 bridgehead atoms. The van der Waals surface area contributed by atoms with E-state index >= 15 is 0 Å². The smallest absolute Gasteiger partial charge is 0.324 e. The number of hydrogen-bond donors (Lipinski definition) is 2. The first kappa shape index (κ1) is 14.3. The van der Waals surface area contributed by atoms with E-state index in [1.165, 1.54) is 17.7 Å². The van der Waals surface area contributed by atoms with Crippen LogP contribution in [0.15, 0.2) is 0 Å². The van der Waals surface area contributed by atoms with Crippen LogP contribution in [0.25, 0.3) is 0 Å². The summed E-state index contributed by atoms with van der Waals surface area (Å²) in [6.45, 7) is 7.46. The molecule has 0 unspecified atom stereocenters. The molecular formula is C13H24N4O2. The summed E-state index contributed by atoms with van der Waals surface area (Å²) in [7, 11) is 0. The molecule has 0 aliphatic carbocycles. The Balaban J connectivity index is 1.80. The molecular weight excluding hydrogens is 244 g/mol. The summed E-state index contributed by atoms with van der Waals surface area (Å²) in [6, 6.07) is -0.247. The third-order valence-corrected chi connectivity index (χ3v) is 3.94. The van der Waals surface area contributed by atoms with Crippen LogP contribution in [0.5, 0.6) is 0 Å². The average Bonchev–Trinajstić information content (AvgIpc) is 2.85. The van der Waals surface area contributed by atoms with E-state index in [1.54, 1.807) is 0 Å². The molecule has 6 nitrogen and oxygen atoms in total. The number of carbonyl (C=O) groups is 2. The number of carbonyl (C=O) groups excluding carboxylic acids is 2. The second kappa shape index (κ2) is 6.86. The van der Waals surface area contributed by atoms with Gasteiger partial charge < -0.3 is 10.6 Å². The summed E-state index contributed by atoms with van der Waals surface area (Å²) in [5, 5.41) is 6.01. The highest BCUT2D eigenvalue weighted by atomic mass is 16.2. The van der Waals surface area contributed by atoms with Crippen molar-refractivity contribution in [3.05, 3.63) is 0 Å². The van der Waals surface area contributed by atoms with E-state index in [9.17, 15) is 9.59 Å². The SMILES string of the molecule is CCN(CC(=O)N1CCNC1=O)CC1CCNCC1. The third kappa shape index (κ3) is 3.91. The maximum absolute atomic E-state index is 12.1. The van der Waals surface area contributed by atoms with Gasteiger partial charge in [-0.05, 0) is 38.4 Å². The van der Waals surface area contributed by atoms with Crippen molar-refractivity contribution < 1.29 is 9.59 Å². The highest BCUT2D eigenvalue weighted by Crippen LogP contribution is 2.13. The number of urea groups is 1. The first-order valence-electron chi connectivity index (χ1n) is 7.22. The fourth-order valence-electron chi connectivity index (χ4n) is 2.72. The van der Waals surface area contributed by atoms with Crippen LogP contribution in [-0.4, -0.2) is 67.6 Å². The molecule has 0 aromatic heterocycles. The van der Waals surface area contributed by atoms with Gasteiger partial charge >= 0.3 is 6.03 Å². The lowest BCUT2D eigenvalue weighted by Crippen LogP contribution is -2.44. The molecule has 6 heteroatoms. The first-order valence-corrected chi connectivity index (χ1v) is 7.22. The molecule has 2 rings (SSSR count). The van der Waals surface area contributed by atoms with Crippen molar-refractivity contribution in [3.63, 3.8) is 0 Å². The Hall–Kier alpha value is -1.14. The topological polar surface area (TPSA) is 64.7 Å². The number of nitrogens with one attached hydrogen (secondary N) is 2. The Morgan fingerprint density at radius 1 is 1.37 bits per heavy atom. The van der Waals surface area contributed by atoms with Gasteiger partial charge in [0.15, 0.2) is 0 Å². The Kier molecular flexibility index (Phi) is 5.15. The van der Waals surface area contributed by atoms with E-state index in [0.29, 0.717) is 25.6 Å². The Morgan fingerprint density at radius 2 is 2.11 bits per heavy atom. The standard InChI is InChI=1S/C13H24N4O2/c1-2-16(9-11-3-5-14-6-4-11)10-12(18)17-8-7-15-13(17)19/h11,14H,2-10H2,1H3,(H,15,19). The summed E-state index contributed by atoms with van der Waals surface area (Å²) in [6.07, 6.45) is 2.35. The van der Waals surface area contributed by atoms with Crippen LogP contribution < -0.4 is 10.6 Å². The van der Waals surface area contributed by atoms with Crippen LogP contribution in [0.4, 0.5) is 4.79 Å². The van der Waals surface area contributed by atoms with Crippen molar-refractivity contribution in [2.75, 3.05) is 45.8 Å². The molecule has 0 aromatic rings. The zero-order valence-corrected chi connectivity index (χ0v) is 11.7. The monoisotopic (exact) mass is 268 g/mol. The molecule has 0 spiro atoms. The largest absolute Gasteiger partial charge is 0.336 e. The molecule has 108 valence electrons. The maximum Gasteiger partial charge on any atom is 0.324 e. The lowest BCUT2D eigenvalue weighted by atomic mass is 9.97. The van der Waals surface area contributed by atoms with E-state index in [-0.39, 0.29) is 11.9 Å². The van der Waals surface area contributed by atoms with Crippen LogP contribution in [0.1, 0.15) is 19.8 Å². The van der Waals surface area contributed by atoms with Crippen molar-refractivity contribution >= 4 is 11.9 Å². The number of nitrogens with zero attached hydrogens (tertiary/aromatic N) is 2. The van der Waals surface area contributed by atoms with Gasteiger partial charge in [0, 0.05) is 19.6 Å². The van der Waals surface area contributed by atoms with Gasteiger partial charge in [0.25, 0.3) is 0 Å². The highest BCUT2D eigenvalue weighted by molar-refractivity contribution is 5.96. The number of rotatable bonds is 5. The third-order valence-electron chi connectivity index (χ3n) is 3.94. The van der Waals surface area contributed by atoms with Crippen LogP contribution in [0.2, 0.25) is 0 Å². The summed E-state index contributed by atoms with van der Waals surface area (Å²) in [5.41, 5.74) is 0. The Bertz CT molecular complexity index is 329. The second-order valence-corrected chi connectivity index (χ2v) is 5.30. The van der Waals surface area contributed by atoms with Crippen molar-refractivity contribution in [2.24, 2.45) is 5.92 Å². The lowest BCUT2D eigenvalue weighted by Gasteiger charge is -2.29. The van der Waals surface area contributed by atoms with Crippen LogP contribution in [-0.2, 0) is 4.79 Å². The van der Waals surface area contributed by atoms with Crippen LogP contribution in [0, 0.1) is 5.92 Å². The molecule has 2 heterocycles. The summed E-state index contributed by atoms with van der Waals surface area (Å²) in [4.78, 5) is 27.0. The van der Waals surface area contributed by atoms with Crippen LogP contribution >= 0.6 is 0 Å². The second-order valence-electron chi connectivity index (χ2n) is 5.30. The van der Waals surface area contributed by atoms with Crippen molar-refractivity contribution in [2.45, 2.75) is 19.8 Å². The number of likely N-dealkylation sites (N-methyl/N-ethyl adjacent to an activating group) is 1. The fourth-order valence-corrected chi connectivity index (χ4v) is 2.72. The minimum Gasteiger partial charge on any atom is -0.336 e. The Labute approximate surface area is 114 Å².